The van der Waals surface area contributed by atoms with Gasteiger partial charge in [-0.25, -0.2) is 0 Å². The summed E-state index contributed by atoms with van der Waals surface area (Å²) in [5.41, 5.74) is 7.50. The van der Waals surface area contributed by atoms with Gasteiger partial charge in [0.05, 0.1) is 11.0 Å². The molecule has 0 spiro atoms. The minimum atomic E-state index is 0. The van der Waals surface area contributed by atoms with E-state index in [-0.39, 0.29) is 36.3 Å². The summed E-state index contributed by atoms with van der Waals surface area (Å²) < 4.78 is 1.94. The maximum absolute atomic E-state index is 12.7. The molecule has 6 heteroatoms. The van der Waals surface area contributed by atoms with Gasteiger partial charge < -0.3 is 15.2 Å². The number of carbonyl (C=O) groups is 1. The van der Waals surface area contributed by atoms with Crippen molar-refractivity contribution in [3.63, 3.8) is 0 Å². The van der Waals surface area contributed by atoms with Crippen LogP contribution in [0.5, 0.6) is 0 Å². The van der Waals surface area contributed by atoms with Crippen LogP contribution in [0.3, 0.4) is 0 Å². The predicted molar refractivity (Wildman–Crippen MR) is 102 cm³/mol. The van der Waals surface area contributed by atoms with Gasteiger partial charge in [0, 0.05) is 29.9 Å². The smallest absolute Gasteiger partial charge is 0.242 e. The quantitative estimate of drug-likeness (QED) is 0.714. The molecule has 130 valence electrons. The van der Waals surface area contributed by atoms with E-state index < -0.39 is 0 Å². The van der Waals surface area contributed by atoms with Crippen LogP contribution in [0.1, 0.15) is 6.42 Å². The number of para-hydroxylation sites is 2. The lowest BCUT2D eigenvalue weighted by Crippen LogP contribution is -2.34. The molecule has 2 heterocycles. The minimum Gasteiger partial charge on any atom is -0.340 e. The number of hydrogen-bond donors (Lipinski definition) is 1. The molecule has 1 saturated heterocycles. The zero-order chi connectivity index (χ0) is 16.7. The second kappa shape index (κ2) is 6.86. The van der Waals surface area contributed by atoms with Crippen LogP contribution in [0.15, 0.2) is 53.3 Å². The number of halogens is 1. The van der Waals surface area contributed by atoms with Gasteiger partial charge in [0.25, 0.3) is 0 Å². The molecular formula is C19H20ClN3O2. The van der Waals surface area contributed by atoms with Gasteiger partial charge in [-0.3, -0.25) is 9.59 Å². The number of rotatable bonds is 2. The fourth-order valence-corrected chi connectivity index (χ4v) is 3.50. The fourth-order valence-electron chi connectivity index (χ4n) is 3.50. The van der Waals surface area contributed by atoms with Crippen LogP contribution in [0.2, 0.25) is 0 Å². The van der Waals surface area contributed by atoms with E-state index in [0.717, 1.165) is 17.5 Å². The van der Waals surface area contributed by atoms with Crippen molar-refractivity contribution in [2.45, 2.75) is 19.0 Å². The van der Waals surface area contributed by atoms with Gasteiger partial charge in [0.15, 0.2) is 5.43 Å². The molecule has 0 bridgehead atoms. The summed E-state index contributed by atoms with van der Waals surface area (Å²) in [6.45, 7) is 1.53. The number of likely N-dealkylation sites (tertiary alicyclic amines) is 1. The normalized spacial score (nSPS) is 17.0. The molecule has 1 aliphatic heterocycles. The van der Waals surface area contributed by atoms with Gasteiger partial charge in [0.1, 0.15) is 6.54 Å². The monoisotopic (exact) mass is 357 g/mol. The number of hydrogen-bond acceptors (Lipinski definition) is 3. The largest absolute Gasteiger partial charge is 0.340 e. The Labute approximate surface area is 151 Å². The molecule has 1 amide bonds. The van der Waals surface area contributed by atoms with Crippen LogP contribution < -0.4 is 11.2 Å². The Balaban J connectivity index is 0.00000182. The maximum Gasteiger partial charge on any atom is 0.242 e. The van der Waals surface area contributed by atoms with Gasteiger partial charge >= 0.3 is 0 Å². The highest BCUT2D eigenvalue weighted by molar-refractivity contribution is 5.94. The molecule has 0 saturated carbocycles. The van der Waals surface area contributed by atoms with Crippen molar-refractivity contribution in [3.05, 3.63) is 58.8 Å². The van der Waals surface area contributed by atoms with Crippen molar-refractivity contribution in [2.24, 2.45) is 5.73 Å². The van der Waals surface area contributed by atoms with E-state index in [4.69, 9.17) is 5.73 Å². The van der Waals surface area contributed by atoms with E-state index in [1.165, 1.54) is 0 Å². The summed E-state index contributed by atoms with van der Waals surface area (Å²) in [5, 5.41) is 1.28. The molecule has 5 nitrogen and oxygen atoms in total. The summed E-state index contributed by atoms with van der Waals surface area (Å²) >= 11 is 0. The van der Waals surface area contributed by atoms with Gasteiger partial charge in [-0.15, -0.1) is 12.4 Å². The lowest BCUT2D eigenvalue weighted by Gasteiger charge is -2.19. The van der Waals surface area contributed by atoms with E-state index in [2.05, 4.69) is 0 Å². The van der Waals surface area contributed by atoms with Crippen LogP contribution in [0.4, 0.5) is 0 Å². The van der Waals surface area contributed by atoms with Crippen molar-refractivity contribution >= 4 is 40.1 Å². The summed E-state index contributed by atoms with van der Waals surface area (Å²) in [6, 6.07) is 15.0. The topological polar surface area (TPSA) is 68.3 Å². The Morgan fingerprint density at radius 2 is 1.60 bits per heavy atom. The minimum absolute atomic E-state index is 0. The highest BCUT2D eigenvalue weighted by Crippen LogP contribution is 2.20. The van der Waals surface area contributed by atoms with Crippen LogP contribution in [0, 0.1) is 0 Å². The Morgan fingerprint density at radius 1 is 1.04 bits per heavy atom. The number of carbonyl (C=O) groups excluding carboxylic acids is 1. The van der Waals surface area contributed by atoms with Crippen molar-refractivity contribution in [1.82, 2.24) is 9.47 Å². The van der Waals surface area contributed by atoms with E-state index >= 15 is 0 Å². The molecule has 1 aromatic heterocycles. The average Bonchev–Trinajstić information content (AvgIpc) is 3.05. The SMILES string of the molecule is Cl.NC1CCN(C(=O)Cn2c3ccccc3c(=O)c3ccccc32)C1. The number of fused-ring (bicyclic) bond motifs is 2. The van der Waals surface area contributed by atoms with Gasteiger partial charge in [-0.2, -0.15) is 0 Å². The van der Waals surface area contributed by atoms with E-state index in [1.54, 1.807) is 0 Å². The third kappa shape index (κ3) is 3.01. The Kier molecular flexibility index (Phi) is 4.79. The zero-order valence-electron chi connectivity index (χ0n) is 13.7. The first-order valence-corrected chi connectivity index (χ1v) is 8.19. The van der Waals surface area contributed by atoms with Crippen LogP contribution >= 0.6 is 12.4 Å². The lowest BCUT2D eigenvalue weighted by atomic mass is 10.1. The highest BCUT2D eigenvalue weighted by atomic mass is 35.5. The Bertz CT molecular complexity index is 939. The first-order valence-electron chi connectivity index (χ1n) is 8.19. The average molecular weight is 358 g/mol. The second-order valence-electron chi connectivity index (χ2n) is 6.34. The van der Waals surface area contributed by atoms with Crippen LogP contribution in [0.25, 0.3) is 21.8 Å². The van der Waals surface area contributed by atoms with Crippen molar-refractivity contribution < 1.29 is 4.79 Å². The number of nitrogens with two attached hydrogens (primary N) is 1. The second-order valence-corrected chi connectivity index (χ2v) is 6.34. The molecule has 0 radical (unpaired) electrons. The predicted octanol–water partition coefficient (Wildman–Crippen LogP) is 2.14. The van der Waals surface area contributed by atoms with Crippen molar-refractivity contribution in [2.75, 3.05) is 13.1 Å². The van der Waals surface area contributed by atoms with E-state index in [9.17, 15) is 9.59 Å². The molecule has 1 aliphatic rings. The Morgan fingerprint density at radius 3 is 2.12 bits per heavy atom. The zero-order valence-corrected chi connectivity index (χ0v) is 14.5. The van der Waals surface area contributed by atoms with E-state index in [1.807, 2.05) is 58.0 Å². The molecule has 0 aliphatic carbocycles. The fraction of sp³-hybridized carbons (Fsp3) is 0.263. The lowest BCUT2D eigenvalue weighted by molar-refractivity contribution is -0.130. The molecule has 2 N–H and O–H groups in total. The van der Waals surface area contributed by atoms with Crippen molar-refractivity contribution in [1.29, 1.82) is 0 Å². The summed E-state index contributed by atoms with van der Waals surface area (Å²) in [7, 11) is 0. The molecule has 25 heavy (non-hydrogen) atoms. The van der Waals surface area contributed by atoms with Gasteiger partial charge in [-0.1, -0.05) is 24.3 Å². The third-order valence-corrected chi connectivity index (χ3v) is 4.75. The van der Waals surface area contributed by atoms with Crippen molar-refractivity contribution in [3.8, 4) is 0 Å². The number of amides is 1. The molecule has 3 aromatic rings. The van der Waals surface area contributed by atoms with Gasteiger partial charge in [0.2, 0.25) is 5.91 Å². The summed E-state index contributed by atoms with van der Waals surface area (Å²) in [5.74, 6) is 0.0434. The first-order chi connectivity index (χ1) is 11.6. The van der Waals surface area contributed by atoms with E-state index in [0.29, 0.717) is 23.9 Å². The standard InChI is InChI=1S/C19H19N3O2.ClH/c20-13-9-10-21(11-13)18(23)12-22-16-7-3-1-5-14(16)19(24)15-6-2-4-8-17(15)22;/h1-8,13H,9-12,20H2;1H. The Hall–Kier alpha value is -2.37. The summed E-state index contributed by atoms with van der Waals surface area (Å²) in [6.07, 6.45) is 0.845. The molecule has 2 aromatic carbocycles. The molecule has 4 rings (SSSR count). The number of benzene rings is 2. The maximum atomic E-state index is 12.7. The molecule has 1 unspecified atom stereocenters. The molecule has 1 atom stereocenters. The summed E-state index contributed by atoms with van der Waals surface area (Å²) in [4.78, 5) is 27.2. The first kappa shape index (κ1) is 17.5. The number of aromatic nitrogens is 1. The molecule has 1 fully saturated rings. The highest BCUT2D eigenvalue weighted by Gasteiger charge is 2.24. The number of pyridine rings is 1. The third-order valence-electron chi connectivity index (χ3n) is 4.75. The van der Waals surface area contributed by atoms with Gasteiger partial charge in [-0.05, 0) is 30.7 Å². The molecular weight excluding hydrogens is 338 g/mol. The van der Waals surface area contributed by atoms with Crippen LogP contribution in [-0.2, 0) is 11.3 Å². The number of nitrogens with zero attached hydrogens (tertiary/aromatic N) is 2. The van der Waals surface area contributed by atoms with Crippen LogP contribution in [-0.4, -0.2) is 34.5 Å².